The van der Waals surface area contributed by atoms with Crippen molar-refractivity contribution in [1.82, 2.24) is 19.7 Å². The molecule has 0 radical (unpaired) electrons. The molecule has 3 heterocycles. The zero-order valence-corrected chi connectivity index (χ0v) is 17.7. The Morgan fingerprint density at radius 2 is 1.93 bits per heavy atom. The van der Waals surface area contributed by atoms with Gasteiger partial charge < -0.3 is 10.2 Å². The van der Waals surface area contributed by atoms with Crippen molar-refractivity contribution in [3.63, 3.8) is 0 Å². The number of pyridine rings is 1. The minimum absolute atomic E-state index is 0.0347. The van der Waals surface area contributed by atoms with Gasteiger partial charge in [-0.25, -0.2) is 0 Å². The number of nitrogens with zero attached hydrogens (tertiary/aromatic N) is 4. The van der Waals surface area contributed by atoms with Gasteiger partial charge in [0, 0.05) is 56.7 Å². The second-order valence-electron chi connectivity index (χ2n) is 9.34. The molecule has 2 fully saturated rings. The van der Waals surface area contributed by atoms with Crippen LogP contribution in [-0.4, -0.2) is 74.1 Å². The average molecular weight is 409 g/mol. The van der Waals surface area contributed by atoms with Gasteiger partial charge in [-0.3, -0.25) is 19.7 Å². The van der Waals surface area contributed by atoms with Crippen molar-refractivity contribution in [3.05, 3.63) is 65.0 Å². The highest BCUT2D eigenvalue weighted by Gasteiger charge is 2.57. The second kappa shape index (κ2) is 8.02. The molecule has 2 unspecified atom stereocenters. The summed E-state index contributed by atoms with van der Waals surface area (Å²) in [6.07, 6.45) is 4.01. The highest BCUT2D eigenvalue weighted by molar-refractivity contribution is 5.29. The first-order valence-electron chi connectivity index (χ1n) is 11.1. The fourth-order valence-corrected chi connectivity index (χ4v) is 5.13. The maximum atomic E-state index is 11.0. The maximum absolute atomic E-state index is 11.0. The summed E-state index contributed by atoms with van der Waals surface area (Å²) in [5.41, 5.74) is 4.95. The predicted octanol–water partition coefficient (Wildman–Crippen LogP) is 1.74. The Bertz CT molecular complexity index is 883. The lowest BCUT2D eigenvalue weighted by atomic mass is 10.00. The van der Waals surface area contributed by atoms with Gasteiger partial charge in [0.05, 0.1) is 6.10 Å². The molecule has 1 aromatic carbocycles. The molecular formula is C24H32N4O2. The minimum Gasteiger partial charge on any atom is -0.390 e. The molecule has 3 aliphatic rings. The van der Waals surface area contributed by atoms with Crippen LogP contribution in [0.2, 0.25) is 0 Å². The molecule has 1 aliphatic carbocycles. The Morgan fingerprint density at radius 3 is 2.67 bits per heavy atom. The van der Waals surface area contributed by atoms with Crippen molar-refractivity contribution in [1.29, 1.82) is 0 Å². The Kier molecular flexibility index (Phi) is 5.37. The van der Waals surface area contributed by atoms with Crippen molar-refractivity contribution >= 4 is 0 Å². The van der Waals surface area contributed by atoms with Gasteiger partial charge in [0.1, 0.15) is 0 Å². The van der Waals surface area contributed by atoms with Crippen LogP contribution >= 0.6 is 0 Å². The lowest BCUT2D eigenvalue weighted by Gasteiger charge is -2.34. The lowest BCUT2D eigenvalue weighted by Crippen LogP contribution is -2.48. The van der Waals surface area contributed by atoms with Crippen molar-refractivity contribution in [2.75, 3.05) is 26.2 Å². The number of benzene rings is 1. The van der Waals surface area contributed by atoms with E-state index < -0.39 is 12.5 Å². The summed E-state index contributed by atoms with van der Waals surface area (Å²) < 4.78 is 0. The van der Waals surface area contributed by atoms with Gasteiger partial charge in [-0.15, -0.1) is 0 Å². The zero-order valence-electron chi connectivity index (χ0n) is 17.7. The van der Waals surface area contributed by atoms with Gasteiger partial charge in [-0.1, -0.05) is 30.3 Å². The van der Waals surface area contributed by atoms with E-state index in [4.69, 9.17) is 0 Å². The Hall–Kier alpha value is -1.83. The normalized spacial score (nSPS) is 24.8. The number of fused-ring (bicyclic) bond motifs is 1. The van der Waals surface area contributed by atoms with Crippen LogP contribution in [-0.2, 0) is 19.5 Å². The summed E-state index contributed by atoms with van der Waals surface area (Å²) in [5.74, 6) is 0. The number of β-amino-alcohol motifs (C(OH)–C–C–N with tert-alkyl or cyclic N) is 1. The fourth-order valence-electron chi connectivity index (χ4n) is 5.13. The van der Waals surface area contributed by atoms with E-state index in [0.29, 0.717) is 19.6 Å². The largest absolute Gasteiger partial charge is 0.390 e. The molecular weight excluding hydrogens is 376 g/mol. The summed E-state index contributed by atoms with van der Waals surface area (Å²) in [7, 11) is 0. The second-order valence-corrected chi connectivity index (χ2v) is 9.34. The molecule has 2 N–H and O–H groups in total. The SMILES string of the molecule is Cc1ccc(CN2CC3(CC3)N(CC(O)CN3CCc4ccccc4C3)C2O)cn1. The number of aromatic nitrogens is 1. The van der Waals surface area contributed by atoms with Crippen LogP contribution < -0.4 is 0 Å². The van der Waals surface area contributed by atoms with Gasteiger partial charge in [0.25, 0.3) is 0 Å². The molecule has 1 saturated heterocycles. The predicted molar refractivity (Wildman–Crippen MR) is 115 cm³/mol. The van der Waals surface area contributed by atoms with Gasteiger partial charge in [0.15, 0.2) is 6.35 Å². The van der Waals surface area contributed by atoms with E-state index in [1.807, 2.05) is 19.2 Å². The minimum atomic E-state index is -0.648. The van der Waals surface area contributed by atoms with E-state index in [0.717, 1.165) is 50.2 Å². The Labute approximate surface area is 178 Å². The molecule has 2 aliphatic heterocycles. The molecule has 30 heavy (non-hydrogen) atoms. The molecule has 6 nitrogen and oxygen atoms in total. The number of hydrogen-bond acceptors (Lipinski definition) is 6. The standard InChI is InChI=1S/C24H32N4O2/c1-18-6-7-19(12-25-18)13-27-17-24(9-10-24)28(23(27)30)16-22(29)15-26-11-8-20-4-2-3-5-21(20)14-26/h2-7,12,22-23,29-30H,8-11,13-17H2,1H3. The van der Waals surface area contributed by atoms with Crippen LogP contribution in [0.1, 0.15) is 35.2 Å². The fraction of sp³-hybridized carbons (Fsp3) is 0.542. The van der Waals surface area contributed by atoms with Crippen LogP contribution in [0.25, 0.3) is 0 Å². The van der Waals surface area contributed by atoms with Crippen LogP contribution in [0, 0.1) is 6.92 Å². The first-order chi connectivity index (χ1) is 14.5. The van der Waals surface area contributed by atoms with Crippen molar-refractivity contribution in [2.24, 2.45) is 0 Å². The van der Waals surface area contributed by atoms with Crippen molar-refractivity contribution < 1.29 is 10.2 Å². The molecule has 1 aromatic heterocycles. The van der Waals surface area contributed by atoms with Crippen LogP contribution in [0.5, 0.6) is 0 Å². The third-order valence-electron chi connectivity index (χ3n) is 6.98. The van der Waals surface area contributed by atoms with E-state index in [-0.39, 0.29) is 5.54 Å². The van der Waals surface area contributed by atoms with Gasteiger partial charge in [-0.2, -0.15) is 0 Å². The number of aryl methyl sites for hydroxylation is 1. The van der Waals surface area contributed by atoms with Crippen LogP contribution in [0.4, 0.5) is 0 Å². The molecule has 6 heteroatoms. The Balaban J connectivity index is 1.19. The van der Waals surface area contributed by atoms with Crippen molar-refractivity contribution in [2.45, 2.75) is 57.3 Å². The highest BCUT2D eigenvalue weighted by Crippen LogP contribution is 2.48. The summed E-state index contributed by atoms with van der Waals surface area (Å²) in [6.45, 7) is 6.56. The third-order valence-corrected chi connectivity index (χ3v) is 6.98. The maximum Gasteiger partial charge on any atom is 0.166 e. The number of aliphatic hydroxyl groups excluding tert-OH is 2. The summed E-state index contributed by atoms with van der Waals surface area (Å²) in [6, 6.07) is 12.7. The van der Waals surface area contributed by atoms with E-state index in [2.05, 4.69) is 50.0 Å². The summed E-state index contributed by atoms with van der Waals surface area (Å²) in [4.78, 5) is 11.0. The monoisotopic (exact) mass is 408 g/mol. The molecule has 2 aromatic rings. The molecule has 0 bridgehead atoms. The number of aliphatic hydroxyl groups is 2. The third kappa shape index (κ3) is 4.03. The smallest absolute Gasteiger partial charge is 0.166 e. The summed E-state index contributed by atoms with van der Waals surface area (Å²) >= 11 is 0. The number of hydrogen-bond donors (Lipinski definition) is 2. The van der Waals surface area contributed by atoms with E-state index in [1.165, 1.54) is 11.1 Å². The van der Waals surface area contributed by atoms with Crippen LogP contribution in [0.15, 0.2) is 42.6 Å². The van der Waals surface area contributed by atoms with Gasteiger partial charge in [0.2, 0.25) is 0 Å². The van der Waals surface area contributed by atoms with E-state index in [1.54, 1.807) is 0 Å². The topological polar surface area (TPSA) is 63.1 Å². The molecule has 2 atom stereocenters. The van der Waals surface area contributed by atoms with Crippen molar-refractivity contribution in [3.8, 4) is 0 Å². The zero-order chi connectivity index (χ0) is 20.7. The lowest BCUT2D eigenvalue weighted by molar-refractivity contribution is -0.0867. The highest BCUT2D eigenvalue weighted by atomic mass is 16.3. The molecule has 160 valence electrons. The summed E-state index contributed by atoms with van der Waals surface area (Å²) in [5, 5.41) is 21.9. The first kappa shape index (κ1) is 20.1. The van der Waals surface area contributed by atoms with Gasteiger partial charge >= 0.3 is 0 Å². The van der Waals surface area contributed by atoms with Crippen LogP contribution in [0.3, 0.4) is 0 Å². The quantitative estimate of drug-likeness (QED) is 0.759. The number of rotatable bonds is 6. The molecule has 5 rings (SSSR count). The van der Waals surface area contributed by atoms with E-state index >= 15 is 0 Å². The molecule has 1 saturated carbocycles. The van der Waals surface area contributed by atoms with E-state index in [9.17, 15) is 10.2 Å². The Morgan fingerprint density at radius 1 is 1.13 bits per heavy atom. The first-order valence-corrected chi connectivity index (χ1v) is 11.1. The molecule has 1 spiro atoms. The average Bonchev–Trinajstić information content (AvgIpc) is 3.48. The molecule has 0 amide bonds. The van der Waals surface area contributed by atoms with Gasteiger partial charge in [-0.05, 0) is 48.9 Å².